The van der Waals surface area contributed by atoms with Crippen LogP contribution in [0.4, 0.5) is 0 Å². The van der Waals surface area contributed by atoms with Gasteiger partial charge in [0.2, 0.25) is 11.8 Å². The number of hydrogen-bond donors (Lipinski definition) is 2. The molecule has 0 aromatic heterocycles. The summed E-state index contributed by atoms with van der Waals surface area (Å²) in [7, 11) is 1.84. The van der Waals surface area contributed by atoms with E-state index >= 15 is 0 Å². The van der Waals surface area contributed by atoms with Crippen molar-refractivity contribution < 1.29 is 9.59 Å². The Morgan fingerprint density at radius 2 is 2.00 bits per heavy atom. The maximum Gasteiger partial charge on any atom is 0.243 e. The highest BCUT2D eigenvalue weighted by atomic mass is 32.2. The SMILES string of the molecule is CNCCNC(=O)C1CSCN1C(=O)CC(C)(C)C. The summed E-state index contributed by atoms with van der Waals surface area (Å²) < 4.78 is 0. The summed E-state index contributed by atoms with van der Waals surface area (Å²) in [5.41, 5.74) is -0.0442. The van der Waals surface area contributed by atoms with E-state index in [0.29, 0.717) is 24.6 Å². The molecule has 2 amide bonds. The van der Waals surface area contributed by atoms with Gasteiger partial charge in [-0.2, -0.15) is 0 Å². The van der Waals surface area contributed by atoms with Gasteiger partial charge in [-0.25, -0.2) is 0 Å². The van der Waals surface area contributed by atoms with Crippen molar-refractivity contribution in [3.63, 3.8) is 0 Å². The zero-order valence-corrected chi connectivity index (χ0v) is 13.1. The second-order valence-electron chi connectivity index (χ2n) is 6.01. The number of nitrogens with zero attached hydrogens (tertiary/aromatic N) is 1. The minimum Gasteiger partial charge on any atom is -0.353 e. The van der Waals surface area contributed by atoms with E-state index in [1.807, 2.05) is 27.8 Å². The van der Waals surface area contributed by atoms with Crippen LogP contribution in [0.1, 0.15) is 27.2 Å². The van der Waals surface area contributed by atoms with Crippen molar-refractivity contribution in [3.05, 3.63) is 0 Å². The van der Waals surface area contributed by atoms with E-state index in [2.05, 4.69) is 10.6 Å². The maximum atomic E-state index is 12.2. The van der Waals surface area contributed by atoms with Crippen molar-refractivity contribution in [2.45, 2.75) is 33.2 Å². The first-order chi connectivity index (χ1) is 8.85. The Morgan fingerprint density at radius 3 is 2.58 bits per heavy atom. The van der Waals surface area contributed by atoms with Crippen LogP contribution in [0, 0.1) is 5.41 Å². The molecule has 1 saturated heterocycles. The van der Waals surface area contributed by atoms with Crippen molar-refractivity contribution in [3.8, 4) is 0 Å². The van der Waals surface area contributed by atoms with E-state index in [1.54, 1.807) is 16.7 Å². The van der Waals surface area contributed by atoms with Gasteiger partial charge in [0.1, 0.15) is 6.04 Å². The number of amides is 2. The summed E-state index contributed by atoms with van der Waals surface area (Å²) >= 11 is 1.64. The fourth-order valence-corrected chi connectivity index (χ4v) is 3.07. The van der Waals surface area contributed by atoms with Crippen molar-refractivity contribution >= 4 is 23.6 Å². The van der Waals surface area contributed by atoms with E-state index in [-0.39, 0.29) is 23.3 Å². The number of thioether (sulfide) groups is 1. The summed E-state index contributed by atoms with van der Waals surface area (Å²) in [5.74, 6) is 1.36. The molecular weight excluding hydrogens is 262 g/mol. The van der Waals surface area contributed by atoms with Gasteiger partial charge in [-0.3, -0.25) is 9.59 Å². The van der Waals surface area contributed by atoms with Gasteiger partial charge < -0.3 is 15.5 Å². The largest absolute Gasteiger partial charge is 0.353 e. The lowest BCUT2D eigenvalue weighted by Gasteiger charge is -2.26. The summed E-state index contributed by atoms with van der Waals surface area (Å²) in [6.07, 6.45) is 0.480. The predicted octanol–water partition coefficient (Wildman–Crippen LogP) is 0.660. The average Bonchev–Trinajstić information content (AvgIpc) is 2.75. The quantitative estimate of drug-likeness (QED) is 0.729. The van der Waals surface area contributed by atoms with Gasteiger partial charge in [0.15, 0.2) is 0 Å². The molecule has 0 spiro atoms. The first-order valence-electron chi connectivity index (χ1n) is 6.64. The summed E-state index contributed by atoms with van der Waals surface area (Å²) in [4.78, 5) is 26.0. The molecule has 1 aliphatic heterocycles. The van der Waals surface area contributed by atoms with Crippen LogP contribution in [0.25, 0.3) is 0 Å². The smallest absolute Gasteiger partial charge is 0.243 e. The highest BCUT2D eigenvalue weighted by molar-refractivity contribution is 7.99. The molecule has 1 rings (SSSR count). The van der Waals surface area contributed by atoms with E-state index in [0.717, 1.165) is 6.54 Å². The monoisotopic (exact) mass is 287 g/mol. The molecule has 1 aliphatic rings. The van der Waals surface area contributed by atoms with Crippen LogP contribution in [0.3, 0.4) is 0 Å². The van der Waals surface area contributed by atoms with Crippen LogP contribution >= 0.6 is 11.8 Å². The predicted molar refractivity (Wildman–Crippen MR) is 79.0 cm³/mol. The van der Waals surface area contributed by atoms with E-state index in [9.17, 15) is 9.59 Å². The van der Waals surface area contributed by atoms with Gasteiger partial charge in [0, 0.05) is 25.3 Å². The Bertz CT molecular complexity index is 328. The Morgan fingerprint density at radius 1 is 1.32 bits per heavy atom. The van der Waals surface area contributed by atoms with Gasteiger partial charge in [0.05, 0.1) is 5.88 Å². The third-order valence-corrected chi connectivity index (χ3v) is 3.87. The highest BCUT2D eigenvalue weighted by Gasteiger charge is 2.35. The van der Waals surface area contributed by atoms with Crippen LogP contribution in [-0.4, -0.2) is 54.5 Å². The number of hydrogen-bond acceptors (Lipinski definition) is 4. The van der Waals surface area contributed by atoms with Crippen molar-refractivity contribution in [1.82, 2.24) is 15.5 Å². The Balaban J connectivity index is 2.53. The first kappa shape index (κ1) is 16.3. The Labute approximate surface area is 119 Å². The molecule has 0 aromatic carbocycles. The average molecular weight is 287 g/mol. The summed E-state index contributed by atoms with van der Waals surface area (Å²) in [5, 5.41) is 5.84. The van der Waals surface area contributed by atoms with Crippen LogP contribution < -0.4 is 10.6 Å². The standard InChI is InChI=1S/C13H25N3O2S/c1-13(2,3)7-11(17)16-9-19-8-10(16)12(18)15-6-5-14-4/h10,14H,5-9H2,1-4H3,(H,15,18). The molecule has 0 aliphatic carbocycles. The number of carbonyl (C=O) groups excluding carboxylic acids is 2. The fourth-order valence-electron chi connectivity index (χ4n) is 1.89. The molecule has 19 heavy (non-hydrogen) atoms. The van der Waals surface area contributed by atoms with Gasteiger partial charge in [0.25, 0.3) is 0 Å². The minimum absolute atomic E-state index is 0.0393. The second-order valence-corrected chi connectivity index (χ2v) is 7.01. The first-order valence-corrected chi connectivity index (χ1v) is 7.80. The molecule has 1 fully saturated rings. The van der Waals surface area contributed by atoms with E-state index in [1.165, 1.54) is 0 Å². The number of carbonyl (C=O) groups is 2. The minimum atomic E-state index is -0.309. The molecule has 0 aromatic rings. The third kappa shape index (κ3) is 5.40. The maximum absolute atomic E-state index is 12.2. The fraction of sp³-hybridized carbons (Fsp3) is 0.846. The molecule has 6 heteroatoms. The lowest BCUT2D eigenvalue weighted by Crippen LogP contribution is -2.48. The zero-order chi connectivity index (χ0) is 14.5. The molecule has 0 saturated carbocycles. The lowest BCUT2D eigenvalue weighted by molar-refractivity contribution is -0.139. The molecule has 0 bridgehead atoms. The van der Waals surface area contributed by atoms with Crippen LogP contribution in [-0.2, 0) is 9.59 Å². The highest BCUT2D eigenvalue weighted by Crippen LogP contribution is 2.26. The Hall–Kier alpha value is -0.750. The van der Waals surface area contributed by atoms with Gasteiger partial charge in [-0.15, -0.1) is 11.8 Å². The Kier molecular flexibility index (Phi) is 6.13. The molecule has 5 nitrogen and oxygen atoms in total. The van der Waals surface area contributed by atoms with E-state index < -0.39 is 0 Å². The molecule has 1 atom stereocenters. The van der Waals surface area contributed by atoms with Crippen LogP contribution in [0.5, 0.6) is 0 Å². The molecule has 2 N–H and O–H groups in total. The normalized spacial score (nSPS) is 19.6. The summed E-state index contributed by atoms with van der Waals surface area (Å²) in [6, 6.07) is -0.309. The van der Waals surface area contributed by atoms with Crippen molar-refractivity contribution in [2.24, 2.45) is 5.41 Å². The molecule has 110 valence electrons. The number of likely N-dealkylation sites (N-methyl/N-ethyl adjacent to an activating group) is 1. The molecular formula is C13H25N3O2S. The van der Waals surface area contributed by atoms with Gasteiger partial charge in [-0.05, 0) is 12.5 Å². The van der Waals surface area contributed by atoms with Crippen LogP contribution in [0.15, 0.2) is 0 Å². The van der Waals surface area contributed by atoms with Crippen molar-refractivity contribution in [1.29, 1.82) is 0 Å². The lowest BCUT2D eigenvalue weighted by atomic mass is 9.91. The third-order valence-electron chi connectivity index (χ3n) is 2.86. The second kappa shape index (κ2) is 7.14. The molecule has 1 unspecified atom stereocenters. The van der Waals surface area contributed by atoms with E-state index in [4.69, 9.17) is 0 Å². The number of rotatable bonds is 5. The number of nitrogens with one attached hydrogen (secondary N) is 2. The summed E-state index contributed by atoms with van der Waals surface area (Å²) in [6.45, 7) is 7.45. The zero-order valence-electron chi connectivity index (χ0n) is 12.3. The van der Waals surface area contributed by atoms with Crippen LogP contribution in [0.2, 0.25) is 0 Å². The molecule has 0 radical (unpaired) electrons. The van der Waals surface area contributed by atoms with Gasteiger partial charge >= 0.3 is 0 Å². The van der Waals surface area contributed by atoms with Gasteiger partial charge in [-0.1, -0.05) is 20.8 Å². The topological polar surface area (TPSA) is 61.4 Å². The molecule has 1 heterocycles. The van der Waals surface area contributed by atoms with Crippen molar-refractivity contribution in [2.75, 3.05) is 31.8 Å².